The van der Waals surface area contributed by atoms with Crippen LogP contribution in [0.1, 0.15) is 58.4 Å². The van der Waals surface area contributed by atoms with Gasteiger partial charge in [0.2, 0.25) is 0 Å². The Labute approximate surface area is 131 Å². The van der Waals surface area contributed by atoms with Gasteiger partial charge < -0.3 is 9.47 Å². The quantitative estimate of drug-likeness (QED) is 0.758. The second kappa shape index (κ2) is 8.01. The van der Waals surface area contributed by atoms with Gasteiger partial charge in [0.15, 0.2) is 5.75 Å². The van der Waals surface area contributed by atoms with Gasteiger partial charge in [-0.2, -0.15) is 0 Å². The molecule has 0 bridgehead atoms. The third-order valence-corrected chi connectivity index (χ3v) is 4.07. The van der Waals surface area contributed by atoms with Crippen LogP contribution in [0.2, 0.25) is 0 Å². The largest absolute Gasteiger partial charge is 0.488 e. The van der Waals surface area contributed by atoms with Crippen LogP contribution in [-0.4, -0.2) is 23.2 Å². The van der Waals surface area contributed by atoms with E-state index in [1.54, 1.807) is 18.3 Å². The second-order valence-corrected chi connectivity index (χ2v) is 5.64. The minimum Gasteiger partial charge on any atom is -0.488 e. The van der Waals surface area contributed by atoms with Gasteiger partial charge in [0, 0.05) is 6.20 Å². The number of aromatic nitrogens is 1. The molecule has 1 aromatic heterocycles. The lowest BCUT2D eigenvalue weighted by Gasteiger charge is -2.25. The van der Waals surface area contributed by atoms with Crippen molar-refractivity contribution in [1.29, 1.82) is 0 Å². The van der Waals surface area contributed by atoms with Crippen LogP contribution in [0.25, 0.3) is 0 Å². The molecule has 1 atom stereocenters. The molecule has 1 saturated carbocycles. The summed E-state index contributed by atoms with van der Waals surface area (Å²) in [6.07, 6.45) is 7.42. The molecule has 1 aromatic rings. The van der Waals surface area contributed by atoms with Crippen LogP contribution in [0.4, 0.5) is 0 Å². The lowest BCUT2D eigenvalue weighted by Crippen LogP contribution is -2.33. The van der Waals surface area contributed by atoms with E-state index in [4.69, 9.17) is 9.47 Å². The highest BCUT2D eigenvalue weighted by Gasteiger charge is 2.26. The molecular formula is C17H25NO4. The van der Waals surface area contributed by atoms with Crippen LogP contribution >= 0.6 is 0 Å². The highest BCUT2D eigenvalue weighted by molar-refractivity contribution is 5.74. The van der Waals surface area contributed by atoms with Crippen molar-refractivity contribution in [2.75, 3.05) is 6.61 Å². The molecule has 1 aliphatic carbocycles. The zero-order chi connectivity index (χ0) is 15.9. The van der Waals surface area contributed by atoms with Gasteiger partial charge in [-0.3, -0.25) is 9.36 Å². The zero-order valence-corrected chi connectivity index (χ0v) is 13.4. The first-order valence-corrected chi connectivity index (χ1v) is 8.21. The van der Waals surface area contributed by atoms with Crippen LogP contribution in [0, 0.1) is 0 Å². The normalized spacial score (nSPS) is 17.0. The van der Waals surface area contributed by atoms with Crippen LogP contribution in [0.5, 0.6) is 5.75 Å². The molecule has 1 fully saturated rings. The number of hydrogen-bond acceptors (Lipinski definition) is 4. The van der Waals surface area contributed by atoms with Crippen molar-refractivity contribution in [1.82, 2.24) is 4.57 Å². The Bertz CT molecular complexity index is 546. The molecule has 1 heterocycles. The summed E-state index contributed by atoms with van der Waals surface area (Å²) in [5, 5.41) is 0. The van der Waals surface area contributed by atoms with Gasteiger partial charge in [0.1, 0.15) is 12.1 Å². The zero-order valence-electron chi connectivity index (χ0n) is 13.4. The number of carbonyl (C=O) groups excluding carboxylic acids is 1. The maximum atomic E-state index is 12.4. The summed E-state index contributed by atoms with van der Waals surface area (Å²) in [5.74, 6) is -0.0425. The molecule has 1 aliphatic rings. The Kier molecular flexibility index (Phi) is 6.04. The van der Waals surface area contributed by atoms with E-state index < -0.39 is 6.04 Å². The number of pyridine rings is 1. The van der Waals surface area contributed by atoms with Crippen molar-refractivity contribution < 1.29 is 14.3 Å². The van der Waals surface area contributed by atoms with E-state index in [1.165, 1.54) is 11.0 Å². The monoisotopic (exact) mass is 307 g/mol. The average Bonchev–Trinajstić information content (AvgIpc) is 2.53. The molecule has 5 nitrogen and oxygen atoms in total. The lowest BCUT2D eigenvalue weighted by atomic mass is 9.98. The molecule has 0 aromatic carbocycles. The summed E-state index contributed by atoms with van der Waals surface area (Å²) in [6, 6.07) is 2.76. The maximum absolute atomic E-state index is 12.4. The topological polar surface area (TPSA) is 57.5 Å². The molecule has 0 amide bonds. The number of hydrogen-bond donors (Lipinski definition) is 0. The SMILES string of the molecule is CCOc1cccn(C(CC)C(=O)OC2CCCCC2)c1=O. The van der Waals surface area contributed by atoms with Crippen molar-refractivity contribution in [2.45, 2.75) is 64.5 Å². The Morgan fingerprint density at radius 3 is 2.68 bits per heavy atom. The highest BCUT2D eigenvalue weighted by atomic mass is 16.5. The molecule has 0 spiro atoms. The number of esters is 1. The van der Waals surface area contributed by atoms with E-state index in [-0.39, 0.29) is 23.4 Å². The molecule has 22 heavy (non-hydrogen) atoms. The van der Waals surface area contributed by atoms with E-state index in [9.17, 15) is 9.59 Å². The second-order valence-electron chi connectivity index (χ2n) is 5.64. The molecule has 0 N–H and O–H groups in total. The number of nitrogens with zero attached hydrogens (tertiary/aromatic N) is 1. The van der Waals surface area contributed by atoms with Gasteiger partial charge in [0.25, 0.3) is 5.56 Å². The third-order valence-electron chi connectivity index (χ3n) is 4.07. The highest BCUT2D eigenvalue weighted by Crippen LogP contribution is 2.23. The standard InChI is InChI=1S/C17H25NO4/c1-3-14(17(20)22-13-9-6-5-7-10-13)18-12-8-11-15(16(18)19)21-4-2/h8,11-14H,3-7,9-10H2,1-2H3. The summed E-state index contributed by atoms with van der Waals surface area (Å²) >= 11 is 0. The molecule has 0 aliphatic heterocycles. The van der Waals surface area contributed by atoms with Crippen molar-refractivity contribution in [3.05, 3.63) is 28.7 Å². The van der Waals surface area contributed by atoms with Crippen molar-refractivity contribution in [3.8, 4) is 5.75 Å². The summed E-state index contributed by atoms with van der Waals surface area (Å²) in [7, 11) is 0. The average molecular weight is 307 g/mol. The van der Waals surface area contributed by atoms with Crippen LogP contribution in [-0.2, 0) is 9.53 Å². The number of carbonyl (C=O) groups is 1. The summed E-state index contributed by atoms with van der Waals surface area (Å²) in [6.45, 7) is 4.13. The van der Waals surface area contributed by atoms with Gasteiger partial charge in [-0.05, 0) is 51.2 Å². The molecule has 1 unspecified atom stereocenters. The summed E-state index contributed by atoms with van der Waals surface area (Å²) in [5.41, 5.74) is -0.281. The van der Waals surface area contributed by atoms with E-state index in [1.807, 2.05) is 13.8 Å². The predicted molar refractivity (Wildman–Crippen MR) is 84.2 cm³/mol. The Morgan fingerprint density at radius 1 is 1.32 bits per heavy atom. The molecule has 0 radical (unpaired) electrons. The fraction of sp³-hybridized carbons (Fsp3) is 0.647. The van der Waals surface area contributed by atoms with Gasteiger partial charge in [-0.25, -0.2) is 4.79 Å². The Morgan fingerprint density at radius 2 is 2.05 bits per heavy atom. The minimum absolute atomic E-state index is 0.000997. The molecule has 0 saturated heterocycles. The number of rotatable bonds is 6. The minimum atomic E-state index is -0.588. The fourth-order valence-electron chi connectivity index (χ4n) is 2.90. The summed E-state index contributed by atoms with van der Waals surface area (Å²) < 4.78 is 12.4. The molecule has 5 heteroatoms. The fourth-order valence-corrected chi connectivity index (χ4v) is 2.90. The first-order chi connectivity index (χ1) is 10.7. The number of ether oxygens (including phenoxy) is 2. The molecule has 122 valence electrons. The lowest BCUT2D eigenvalue weighted by molar-refractivity contribution is -0.154. The van der Waals surface area contributed by atoms with Gasteiger partial charge in [0.05, 0.1) is 6.61 Å². The van der Waals surface area contributed by atoms with E-state index >= 15 is 0 Å². The van der Waals surface area contributed by atoms with Gasteiger partial charge in [-0.1, -0.05) is 13.3 Å². The Hall–Kier alpha value is -1.78. The third kappa shape index (κ3) is 3.90. The van der Waals surface area contributed by atoms with Crippen molar-refractivity contribution in [2.24, 2.45) is 0 Å². The smallest absolute Gasteiger partial charge is 0.329 e. The van der Waals surface area contributed by atoms with Crippen LogP contribution in [0.15, 0.2) is 23.1 Å². The van der Waals surface area contributed by atoms with E-state index in [0.29, 0.717) is 13.0 Å². The summed E-state index contributed by atoms with van der Waals surface area (Å²) in [4.78, 5) is 24.8. The predicted octanol–water partition coefficient (Wildman–Crippen LogP) is 3.07. The van der Waals surface area contributed by atoms with E-state index in [2.05, 4.69) is 0 Å². The molecular weight excluding hydrogens is 282 g/mol. The van der Waals surface area contributed by atoms with E-state index in [0.717, 1.165) is 25.7 Å². The van der Waals surface area contributed by atoms with Crippen LogP contribution in [0.3, 0.4) is 0 Å². The van der Waals surface area contributed by atoms with Gasteiger partial charge in [-0.15, -0.1) is 0 Å². The van der Waals surface area contributed by atoms with Crippen LogP contribution < -0.4 is 10.3 Å². The maximum Gasteiger partial charge on any atom is 0.329 e. The first kappa shape index (κ1) is 16.6. The van der Waals surface area contributed by atoms with Crippen molar-refractivity contribution in [3.63, 3.8) is 0 Å². The first-order valence-electron chi connectivity index (χ1n) is 8.21. The van der Waals surface area contributed by atoms with Gasteiger partial charge >= 0.3 is 5.97 Å². The molecule has 2 rings (SSSR count). The van der Waals surface area contributed by atoms with Crippen molar-refractivity contribution >= 4 is 5.97 Å². The Balaban J connectivity index is 2.15.